The van der Waals surface area contributed by atoms with E-state index in [1.165, 1.54) is 5.56 Å². The van der Waals surface area contributed by atoms with Crippen LogP contribution in [0.4, 0.5) is 5.69 Å². The second-order valence-corrected chi connectivity index (χ2v) is 5.04. The van der Waals surface area contributed by atoms with Gasteiger partial charge in [-0.05, 0) is 29.3 Å². The van der Waals surface area contributed by atoms with Crippen molar-refractivity contribution in [1.82, 2.24) is 0 Å². The number of hydrogen-bond donors (Lipinski definition) is 0. The first-order valence-corrected chi connectivity index (χ1v) is 6.70. The van der Waals surface area contributed by atoms with Crippen molar-refractivity contribution in [3.63, 3.8) is 0 Å². The topological polar surface area (TPSA) is 29.5 Å². The number of carbonyl (C=O) groups is 1. The third-order valence-electron chi connectivity index (χ3n) is 3.93. The average Bonchev–Trinajstić information content (AvgIpc) is 2.51. The summed E-state index contributed by atoms with van der Waals surface area (Å²) in [6.07, 6.45) is 0.501. The van der Waals surface area contributed by atoms with E-state index >= 15 is 0 Å². The minimum Gasteiger partial charge on any atom is -0.497 e. The molecule has 0 saturated carbocycles. The van der Waals surface area contributed by atoms with E-state index in [9.17, 15) is 4.79 Å². The highest BCUT2D eigenvalue weighted by molar-refractivity contribution is 5.97. The third-order valence-corrected chi connectivity index (χ3v) is 3.93. The molecule has 0 N–H and O–H groups in total. The molecule has 3 heteroatoms. The molecule has 1 aliphatic heterocycles. The van der Waals surface area contributed by atoms with E-state index in [-0.39, 0.29) is 11.8 Å². The van der Waals surface area contributed by atoms with E-state index in [4.69, 9.17) is 4.74 Å². The van der Waals surface area contributed by atoms with Crippen LogP contribution in [-0.4, -0.2) is 20.1 Å². The van der Waals surface area contributed by atoms with Crippen molar-refractivity contribution in [2.45, 2.75) is 12.3 Å². The minimum absolute atomic E-state index is 0.102. The molecule has 0 radical (unpaired) electrons. The molecule has 3 rings (SSSR count). The van der Waals surface area contributed by atoms with Crippen LogP contribution in [-0.2, 0) is 4.79 Å². The van der Waals surface area contributed by atoms with Crippen LogP contribution in [0.3, 0.4) is 0 Å². The number of methoxy groups -OCH3 is 1. The van der Waals surface area contributed by atoms with E-state index in [0.29, 0.717) is 6.42 Å². The molecule has 0 bridgehead atoms. The van der Waals surface area contributed by atoms with Crippen molar-refractivity contribution in [2.75, 3.05) is 19.1 Å². The van der Waals surface area contributed by atoms with Crippen LogP contribution < -0.4 is 9.64 Å². The molecule has 0 aromatic heterocycles. The molecular weight excluding hydrogens is 250 g/mol. The summed E-state index contributed by atoms with van der Waals surface area (Å²) >= 11 is 0. The number of hydrogen-bond acceptors (Lipinski definition) is 2. The molecule has 102 valence electrons. The predicted molar refractivity (Wildman–Crippen MR) is 79.3 cm³/mol. The summed E-state index contributed by atoms with van der Waals surface area (Å²) < 4.78 is 5.32. The van der Waals surface area contributed by atoms with E-state index in [2.05, 4.69) is 12.1 Å². The van der Waals surface area contributed by atoms with Crippen molar-refractivity contribution < 1.29 is 9.53 Å². The van der Waals surface area contributed by atoms with Crippen molar-refractivity contribution >= 4 is 11.6 Å². The highest BCUT2D eigenvalue weighted by atomic mass is 16.5. The maximum absolute atomic E-state index is 12.2. The summed E-state index contributed by atoms with van der Waals surface area (Å²) in [5.74, 6) is 1.08. The summed E-state index contributed by atoms with van der Waals surface area (Å²) in [5.41, 5.74) is 3.29. The van der Waals surface area contributed by atoms with Gasteiger partial charge in [-0.2, -0.15) is 0 Å². The molecule has 1 unspecified atom stereocenters. The van der Waals surface area contributed by atoms with Gasteiger partial charge in [-0.25, -0.2) is 0 Å². The Bertz CT molecular complexity index is 637. The standard InChI is InChI=1S/C17H17NO2/c1-18-16-9-8-13(20-2)10-15(16)14(11-17(18)19)12-6-4-3-5-7-12/h3-10,14H,11H2,1-2H3. The maximum atomic E-state index is 12.2. The highest BCUT2D eigenvalue weighted by Gasteiger charge is 2.30. The quantitative estimate of drug-likeness (QED) is 0.836. The molecule has 1 aliphatic rings. The van der Waals surface area contributed by atoms with Crippen LogP contribution >= 0.6 is 0 Å². The van der Waals surface area contributed by atoms with Crippen LogP contribution in [0.25, 0.3) is 0 Å². The zero-order valence-electron chi connectivity index (χ0n) is 11.7. The predicted octanol–water partition coefficient (Wildman–Crippen LogP) is 3.19. The fraction of sp³-hybridized carbons (Fsp3) is 0.235. The molecule has 1 amide bonds. The van der Waals surface area contributed by atoms with Gasteiger partial charge in [0.1, 0.15) is 5.75 Å². The van der Waals surface area contributed by atoms with Gasteiger partial charge in [-0.1, -0.05) is 30.3 Å². The lowest BCUT2D eigenvalue weighted by Gasteiger charge is -2.32. The van der Waals surface area contributed by atoms with Gasteiger partial charge in [0, 0.05) is 25.1 Å². The Kier molecular flexibility index (Phi) is 3.18. The minimum atomic E-state index is 0.102. The first-order chi connectivity index (χ1) is 9.70. The molecule has 2 aromatic carbocycles. The van der Waals surface area contributed by atoms with Crippen molar-refractivity contribution in [3.8, 4) is 5.75 Å². The van der Waals surface area contributed by atoms with Gasteiger partial charge in [0.15, 0.2) is 0 Å². The Morgan fingerprint density at radius 3 is 2.60 bits per heavy atom. The summed E-state index contributed by atoms with van der Waals surface area (Å²) in [4.78, 5) is 13.9. The number of anilines is 1. The van der Waals surface area contributed by atoms with Crippen molar-refractivity contribution in [2.24, 2.45) is 0 Å². The second-order valence-electron chi connectivity index (χ2n) is 5.04. The van der Waals surface area contributed by atoms with Gasteiger partial charge in [-0.3, -0.25) is 4.79 Å². The Labute approximate surface area is 118 Å². The van der Waals surface area contributed by atoms with E-state index in [0.717, 1.165) is 17.0 Å². The Hall–Kier alpha value is -2.29. The van der Waals surface area contributed by atoms with Crippen LogP contribution in [0.15, 0.2) is 48.5 Å². The van der Waals surface area contributed by atoms with Crippen LogP contribution in [0.5, 0.6) is 5.75 Å². The molecule has 0 spiro atoms. The van der Waals surface area contributed by atoms with Gasteiger partial charge in [0.05, 0.1) is 7.11 Å². The largest absolute Gasteiger partial charge is 0.497 e. The number of fused-ring (bicyclic) bond motifs is 1. The van der Waals surface area contributed by atoms with Gasteiger partial charge < -0.3 is 9.64 Å². The van der Waals surface area contributed by atoms with Gasteiger partial charge in [-0.15, -0.1) is 0 Å². The van der Waals surface area contributed by atoms with Crippen molar-refractivity contribution in [3.05, 3.63) is 59.7 Å². The number of benzene rings is 2. The van der Waals surface area contributed by atoms with E-state index < -0.39 is 0 Å². The number of carbonyl (C=O) groups excluding carboxylic acids is 1. The first kappa shape index (κ1) is 12.7. The lowest BCUT2D eigenvalue weighted by Crippen LogP contribution is -2.33. The first-order valence-electron chi connectivity index (χ1n) is 6.70. The lowest BCUT2D eigenvalue weighted by atomic mass is 9.84. The molecule has 0 saturated heterocycles. The molecule has 0 aliphatic carbocycles. The molecule has 1 atom stereocenters. The SMILES string of the molecule is COc1ccc2c(c1)C(c1ccccc1)CC(=O)N2C. The third kappa shape index (κ3) is 2.05. The Morgan fingerprint density at radius 2 is 1.90 bits per heavy atom. The number of rotatable bonds is 2. The molecular formula is C17H17NO2. The molecule has 1 heterocycles. The van der Waals surface area contributed by atoms with E-state index in [1.54, 1.807) is 12.0 Å². The van der Waals surface area contributed by atoms with Crippen LogP contribution in [0, 0.1) is 0 Å². The number of amides is 1. The van der Waals surface area contributed by atoms with Gasteiger partial charge in [0.2, 0.25) is 5.91 Å². The number of nitrogens with zero attached hydrogens (tertiary/aromatic N) is 1. The summed E-state index contributed by atoms with van der Waals surface area (Å²) in [5, 5.41) is 0. The van der Waals surface area contributed by atoms with Crippen LogP contribution in [0.2, 0.25) is 0 Å². The lowest BCUT2D eigenvalue weighted by molar-refractivity contribution is -0.118. The zero-order chi connectivity index (χ0) is 14.1. The summed E-state index contributed by atoms with van der Waals surface area (Å²) in [6, 6.07) is 16.1. The smallest absolute Gasteiger partial charge is 0.227 e. The monoisotopic (exact) mass is 267 g/mol. The average molecular weight is 267 g/mol. The Morgan fingerprint density at radius 1 is 1.15 bits per heavy atom. The van der Waals surface area contributed by atoms with Gasteiger partial charge in [0.25, 0.3) is 0 Å². The highest BCUT2D eigenvalue weighted by Crippen LogP contribution is 2.40. The fourth-order valence-corrected chi connectivity index (χ4v) is 2.78. The fourth-order valence-electron chi connectivity index (χ4n) is 2.78. The van der Waals surface area contributed by atoms with Gasteiger partial charge >= 0.3 is 0 Å². The molecule has 0 fully saturated rings. The molecule has 2 aromatic rings. The normalized spacial score (nSPS) is 17.8. The Balaban J connectivity index is 2.14. The summed E-state index contributed by atoms with van der Waals surface area (Å²) in [7, 11) is 3.49. The second kappa shape index (κ2) is 5.00. The summed E-state index contributed by atoms with van der Waals surface area (Å²) in [6.45, 7) is 0. The maximum Gasteiger partial charge on any atom is 0.227 e. The zero-order valence-corrected chi connectivity index (χ0v) is 11.7. The van der Waals surface area contributed by atoms with Crippen molar-refractivity contribution in [1.29, 1.82) is 0 Å². The molecule has 20 heavy (non-hydrogen) atoms. The molecule has 3 nitrogen and oxygen atoms in total. The number of ether oxygens (including phenoxy) is 1. The van der Waals surface area contributed by atoms with E-state index in [1.807, 2.05) is 43.4 Å². The van der Waals surface area contributed by atoms with Crippen LogP contribution in [0.1, 0.15) is 23.5 Å².